The largest absolute Gasteiger partial charge is 0.481 e. The van der Waals surface area contributed by atoms with E-state index in [4.69, 9.17) is 5.11 Å². The Balaban J connectivity index is 2.66. The van der Waals surface area contributed by atoms with E-state index in [2.05, 4.69) is 11.9 Å². The van der Waals surface area contributed by atoms with Gasteiger partial charge >= 0.3 is 5.97 Å². The summed E-state index contributed by atoms with van der Waals surface area (Å²) in [5.41, 5.74) is 0. The van der Waals surface area contributed by atoms with Crippen molar-refractivity contribution >= 4 is 11.9 Å². The molecular weight excluding hydrogens is 206 g/mol. The summed E-state index contributed by atoms with van der Waals surface area (Å²) in [5.74, 6) is -1.65. The average Bonchev–Trinajstić information content (AvgIpc) is 2.60. The lowest BCUT2D eigenvalue weighted by Gasteiger charge is -2.17. The molecule has 4 heteroatoms. The van der Waals surface area contributed by atoms with Gasteiger partial charge in [0.1, 0.15) is 0 Å². The van der Waals surface area contributed by atoms with Gasteiger partial charge in [0.2, 0.25) is 5.91 Å². The summed E-state index contributed by atoms with van der Waals surface area (Å²) in [4.78, 5) is 22.9. The summed E-state index contributed by atoms with van der Waals surface area (Å²) in [7, 11) is 0. The summed E-state index contributed by atoms with van der Waals surface area (Å²) >= 11 is 0. The molecule has 4 unspecified atom stereocenters. The molecular formula is C12H19NO3. The molecule has 1 fully saturated rings. The summed E-state index contributed by atoms with van der Waals surface area (Å²) in [5, 5.41) is 11.8. The molecule has 1 rings (SSSR count). The zero-order chi connectivity index (χ0) is 12.3. The third-order valence-corrected chi connectivity index (χ3v) is 3.18. The molecule has 4 nitrogen and oxygen atoms in total. The molecule has 16 heavy (non-hydrogen) atoms. The SMILES string of the molecule is C=CC(C)NC(=O)C1CC(C)CC1C(=O)O. The van der Waals surface area contributed by atoms with Crippen LogP contribution in [0.5, 0.6) is 0 Å². The zero-order valence-corrected chi connectivity index (χ0v) is 9.77. The molecule has 0 aromatic heterocycles. The highest BCUT2D eigenvalue weighted by Gasteiger charge is 2.41. The van der Waals surface area contributed by atoms with Gasteiger partial charge in [0, 0.05) is 6.04 Å². The van der Waals surface area contributed by atoms with Gasteiger partial charge in [-0.1, -0.05) is 13.0 Å². The fourth-order valence-electron chi connectivity index (χ4n) is 2.24. The van der Waals surface area contributed by atoms with E-state index in [1.807, 2.05) is 13.8 Å². The first kappa shape index (κ1) is 12.7. The molecule has 0 radical (unpaired) electrons. The Kier molecular flexibility index (Phi) is 4.10. The zero-order valence-electron chi connectivity index (χ0n) is 9.77. The molecule has 0 heterocycles. The molecule has 1 amide bonds. The van der Waals surface area contributed by atoms with Crippen LogP contribution in [-0.4, -0.2) is 23.0 Å². The number of nitrogens with one attached hydrogen (secondary N) is 1. The van der Waals surface area contributed by atoms with Crippen LogP contribution in [0.15, 0.2) is 12.7 Å². The lowest BCUT2D eigenvalue weighted by atomic mass is 9.95. The molecule has 0 aliphatic heterocycles. The standard InChI is InChI=1S/C12H19NO3/c1-4-8(3)13-11(14)9-5-7(2)6-10(9)12(15)16/h4,7-10H,1,5-6H2,2-3H3,(H,13,14)(H,15,16). The van der Waals surface area contributed by atoms with Crippen molar-refractivity contribution in [3.63, 3.8) is 0 Å². The third kappa shape index (κ3) is 2.84. The van der Waals surface area contributed by atoms with Crippen LogP contribution in [0.1, 0.15) is 26.7 Å². The van der Waals surface area contributed by atoms with Crippen LogP contribution >= 0.6 is 0 Å². The van der Waals surface area contributed by atoms with Gasteiger partial charge in [-0.3, -0.25) is 9.59 Å². The van der Waals surface area contributed by atoms with Gasteiger partial charge in [-0.25, -0.2) is 0 Å². The van der Waals surface area contributed by atoms with Crippen LogP contribution in [0.3, 0.4) is 0 Å². The number of carboxylic acids is 1. The lowest BCUT2D eigenvalue weighted by Crippen LogP contribution is -2.39. The molecule has 2 N–H and O–H groups in total. The Bertz CT molecular complexity index is 301. The van der Waals surface area contributed by atoms with Crippen molar-refractivity contribution in [2.45, 2.75) is 32.7 Å². The van der Waals surface area contributed by atoms with Crippen LogP contribution < -0.4 is 5.32 Å². The van der Waals surface area contributed by atoms with E-state index >= 15 is 0 Å². The molecule has 1 aliphatic rings. The molecule has 0 bridgehead atoms. The Morgan fingerprint density at radius 3 is 2.50 bits per heavy atom. The van der Waals surface area contributed by atoms with Gasteiger partial charge in [0.15, 0.2) is 0 Å². The molecule has 1 aliphatic carbocycles. The fraction of sp³-hybridized carbons (Fsp3) is 0.667. The predicted octanol–water partition coefficient (Wildman–Crippen LogP) is 1.42. The lowest BCUT2D eigenvalue weighted by molar-refractivity contribution is -0.146. The van der Waals surface area contributed by atoms with E-state index in [0.717, 1.165) is 0 Å². The highest BCUT2D eigenvalue weighted by atomic mass is 16.4. The minimum Gasteiger partial charge on any atom is -0.481 e. The Labute approximate surface area is 95.7 Å². The molecule has 0 aromatic carbocycles. The Morgan fingerprint density at radius 1 is 1.44 bits per heavy atom. The molecule has 90 valence electrons. The maximum atomic E-state index is 11.9. The number of carboxylic acid groups (broad SMARTS) is 1. The topological polar surface area (TPSA) is 66.4 Å². The number of amides is 1. The monoisotopic (exact) mass is 225 g/mol. The molecule has 0 saturated heterocycles. The highest BCUT2D eigenvalue weighted by molar-refractivity contribution is 5.85. The predicted molar refractivity (Wildman–Crippen MR) is 60.8 cm³/mol. The Morgan fingerprint density at radius 2 is 2.00 bits per heavy atom. The summed E-state index contributed by atoms with van der Waals surface area (Å²) < 4.78 is 0. The van der Waals surface area contributed by atoms with E-state index in [1.54, 1.807) is 6.08 Å². The van der Waals surface area contributed by atoms with E-state index in [-0.39, 0.29) is 11.9 Å². The van der Waals surface area contributed by atoms with Gasteiger partial charge in [-0.2, -0.15) is 0 Å². The van der Waals surface area contributed by atoms with Crippen molar-refractivity contribution in [3.8, 4) is 0 Å². The van der Waals surface area contributed by atoms with E-state index in [1.165, 1.54) is 0 Å². The maximum Gasteiger partial charge on any atom is 0.307 e. The maximum absolute atomic E-state index is 11.9. The van der Waals surface area contributed by atoms with Gasteiger partial charge in [-0.05, 0) is 25.7 Å². The molecule has 0 aromatic rings. The third-order valence-electron chi connectivity index (χ3n) is 3.18. The van der Waals surface area contributed by atoms with Gasteiger partial charge in [0.25, 0.3) is 0 Å². The summed E-state index contributed by atoms with van der Waals surface area (Å²) in [6.45, 7) is 7.38. The summed E-state index contributed by atoms with van der Waals surface area (Å²) in [6.07, 6.45) is 2.88. The number of hydrogen-bond acceptors (Lipinski definition) is 2. The number of carbonyl (C=O) groups is 2. The van der Waals surface area contributed by atoms with Crippen molar-refractivity contribution < 1.29 is 14.7 Å². The van der Waals surface area contributed by atoms with Crippen molar-refractivity contribution in [1.82, 2.24) is 5.32 Å². The van der Waals surface area contributed by atoms with Crippen LogP contribution in [0.2, 0.25) is 0 Å². The average molecular weight is 225 g/mol. The molecule has 4 atom stereocenters. The Hall–Kier alpha value is -1.32. The van der Waals surface area contributed by atoms with Crippen LogP contribution in [-0.2, 0) is 9.59 Å². The second-order valence-electron chi connectivity index (χ2n) is 4.66. The van der Waals surface area contributed by atoms with Crippen LogP contribution in [0, 0.1) is 17.8 Å². The van der Waals surface area contributed by atoms with Crippen LogP contribution in [0.25, 0.3) is 0 Å². The second kappa shape index (κ2) is 5.14. The minimum atomic E-state index is -0.865. The van der Waals surface area contributed by atoms with E-state index in [0.29, 0.717) is 18.8 Å². The summed E-state index contributed by atoms with van der Waals surface area (Å²) in [6, 6.07) is -0.113. The first-order valence-electron chi connectivity index (χ1n) is 5.61. The minimum absolute atomic E-state index is 0.113. The van der Waals surface area contributed by atoms with Crippen molar-refractivity contribution in [2.75, 3.05) is 0 Å². The number of rotatable bonds is 4. The fourth-order valence-corrected chi connectivity index (χ4v) is 2.24. The number of carbonyl (C=O) groups excluding carboxylic acids is 1. The van der Waals surface area contributed by atoms with Crippen LogP contribution in [0.4, 0.5) is 0 Å². The number of aliphatic carboxylic acids is 1. The van der Waals surface area contributed by atoms with Gasteiger partial charge < -0.3 is 10.4 Å². The van der Waals surface area contributed by atoms with Crippen molar-refractivity contribution in [3.05, 3.63) is 12.7 Å². The molecule has 1 saturated carbocycles. The first-order valence-corrected chi connectivity index (χ1v) is 5.61. The highest BCUT2D eigenvalue weighted by Crippen LogP contribution is 2.36. The smallest absolute Gasteiger partial charge is 0.307 e. The quantitative estimate of drug-likeness (QED) is 0.711. The second-order valence-corrected chi connectivity index (χ2v) is 4.66. The van der Waals surface area contributed by atoms with E-state index in [9.17, 15) is 9.59 Å². The molecule has 0 spiro atoms. The van der Waals surface area contributed by atoms with E-state index < -0.39 is 17.8 Å². The van der Waals surface area contributed by atoms with Crippen molar-refractivity contribution in [2.24, 2.45) is 17.8 Å². The van der Waals surface area contributed by atoms with Gasteiger partial charge in [-0.15, -0.1) is 6.58 Å². The first-order chi connectivity index (χ1) is 7.45. The van der Waals surface area contributed by atoms with Crippen molar-refractivity contribution in [1.29, 1.82) is 0 Å². The number of hydrogen-bond donors (Lipinski definition) is 2. The van der Waals surface area contributed by atoms with Gasteiger partial charge in [0.05, 0.1) is 11.8 Å². The normalized spacial score (nSPS) is 30.8.